The third-order valence-electron chi connectivity index (χ3n) is 6.52. The zero-order valence-corrected chi connectivity index (χ0v) is 16.2. The van der Waals surface area contributed by atoms with E-state index in [2.05, 4.69) is 27.2 Å². The highest BCUT2D eigenvalue weighted by atomic mass is 16.2. The minimum Gasteiger partial charge on any atom is -0.368 e. The third kappa shape index (κ3) is 4.28. The van der Waals surface area contributed by atoms with Gasteiger partial charge in [-0.05, 0) is 49.9 Å². The molecule has 2 aliphatic carbocycles. The average Bonchev–Trinajstić information content (AvgIpc) is 2.67. The Morgan fingerprint density at radius 2 is 1.41 bits per heavy atom. The second-order valence-electron chi connectivity index (χ2n) is 8.31. The van der Waals surface area contributed by atoms with E-state index < -0.39 is 0 Å². The van der Waals surface area contributed by atoms with Gasteiger partial charge < -0.3 is 15.1 Å². The van der Waals surface area contributed by atoms with Gasteiger partial charge in [0.25, 0.3) is 0 Å². The number of anilines is 2. The van der Waals surface area contributed by atoms with Gasteiger partial charge in [-0.2, -0.15) is 0 Å². The number of piperazine rings is 1. The normalized spacial score (nSPS) is 21.6. The molecule has 1 aromatic rings. The fourth-order valence-corrected chi connectivity index (χ4v) is 4.46. The lowest BCUT2D eigenvalue weighted by atomic mass is 9.85. The summed E-state index contributed by atoms with van der Waals surface area (Å²) in [6.45, 7) is 3.39. The van der Waals surface area contributed by atoms with Crippen LogP contribution in [-0.2, 0) is 9.59 Å². The SMILES string of the molecule is O=C(Nc1ccc(N2CCN(C(=O)C3CCCCC3)CC2)cc1)C1CCC1. The van der Waals surface area contributed by atoms with Gasteiger partial charge in [0.2, 0.25) is 11.8 Å². The highest BCUT2D eigenvalue weighted by Gasteiger charge is 2.28. The molecule has 1 heterocycles. The Balaban J connectivity index is 1.27. The van der Waals surface area contributed by atoms with E-state index in [0.29, 0.717) is 5.91 Å². The first-order chi connectivity index (χ1) is 13.2. The van der Waals surface area contributed by atoms with Crippen LogP contribution in [0.1, 0.15) is 51.4 Å². The van der Waals surface area contributed by atoms with Gasteiger partial charge in [-0.3, -0.25) is 9.59 Å². The summed E-state index contributed by atoms with van der Waals surface area (Å²) in [5.41, 5.74) is 2.04. The summed E-state index contributed by atoms with van der Waals surface area (Å²) in [7, 11) is 0. The minimum atomic E-state index is 0.156. The molecular formula is C22H31N3O2. The van der Waals surface area contributed by atoms with Crippen LogP contribution in [0.2, 0.25) is 0 Å². The van der Waals surface area contributed by atoms with Crippen molar-refractivity contribution in [3.63, 3.8) is 0 Å². The van der Waals surface area contributed by atoms with Gasteiger partial charge >= 0.3 is 0 Å². The topological polar surface area (TPSA) is 52.7 Å². The van der Waals surface area contributed by atoms with Crippen molar-refractivity contribution < 1.29 is 9.59 Å². The summed E-state index contributed by atoms with van der Waals surface area (Å²) >= 11 is 0. The van der Waals surface area contributed by atoms with Gasteiger partial charge in [-0.15, -0.1) is 0 Å². The number of nitrogens with one attached hydrogen (secondary N) is 1. The Morgan fingerprint density at radius 3 is 2.00 bits per heavy atom. The standard InChI is InChI=1S/C22H31N3O2/c26-21(17-7-4-8-17)23-19-9-11-20(12-10-19)24-13-15-25(16-14-24)22(27)18-5-2-1-3-6-18/h9-12,17-18H,1-8,13-16H2,(H,23,26). The van der Waals surface area contributed by atoms with E-state index in [1.165, 1.54) is 31.4 Å². The van der Waals surface area contributed by atoms with Crippen LogP contribution in [0.15, 0.2) is 24.3 Å². The predicted octanol–water partition coefficient (Wildman–Crippen LogP) is 3.65. The molecule has 0 bridgehead atoms. The molecule has 5 nitrogen and oxygen atoms in total. The van der Waals surface area contributed by atoms with Crippen molar-refractivity contribution >= 4 is 23.2 Å². The van der Waals surface area contributed by atoms with Gasteiger partial charge in [-0.1, -0.05) is 25.7 Å². The van der Waals surface area contributed by atoms with E-state index in [-0.39, 0.29) is 17.7 Å². The maximum Gasteiger partial charge on any atom is 0.227 e. The molecule has 2 amide bonds. The van der Waals surface area contributed by atoms with Gasteiger partial charge in [0.1, 0.15) is 0 Å². The third-order valence-corrected chi connectivity index (χ3v) is 6.52. The fourth-order valence-electron chi connectivity index (χ4n) is 4.46. The number of amides is 2. The van der Waals surface area contributed by atoms with Gasteiger partial charge in [0.05, 0.1) is 0 Å². The highest BCUT2D eigenvalue weighted by Crippen LogP contribution is 2.29. The lowest BCUT2D eigenvalue weighted by molar-refractivity contribution is -0.136. The molecule has 1 saturated heterocycles. The molecule has 4 rings (SSSR count). The molecule has 0 atom stereocenters. The van der Waals surface area contributed by atoms with Crippen LogP contribution in [0, 0.1) is 11.8 Å². The first-order valence-corrected chi connectivity index (χ1v) is 10.7. The average molecular weight is 370 g/mol. The number of benzene rings is 1. The van der Waals surface area contributed by atoms with Crippen LogP contribution in [-0.4, -0.2) is 42.9 Å². The van der Waals surface area contributed by atoms with Crippen LogP contribution in [0.25, 0.3) is 0 Å². The Bertz CT molecular complexity index is 655. The molecule has 1 N–H and O–H groups in total. The maximum atomic E-state index is 12.7. The smallest absolute Gasteiger partial charge is 0.227 e. The minimum absolute atomic E-state index is 0.156. The summed E-state index contributed by atoms with van der Waals surface area (Å²) < 4.78 is 0. The van der Waals surface area contributed by atoms with Gasteiger partial charge in [-0.25, -0.2) is 0 Å². The molecule has 0 unspecified atom stereocenters. The summed E-state index contributed by atoms with van der Waals surface area (Å²) in [6, 6.07) is 8.14. The number of rotatable bonds is 4. The molecule has 3 aliphatic rings. The van der Waals surface area contributed by atoms with Crippen molar-refractivity contribution in [2.45, 2.75) is 51.4 Å². The molecule has 1 aliphatic heterocycles. The van der Waals surface area contributed by atoms with Gasteiger partial charge in [0, 0.05) is 49.4 Å². The number of carbonyl (C=O) groups is 2. The van der Waals surface area contributed by atoms with Crippen LogP contribution in [0.5, 0.6) is 0 Å². The lowest BCUT2D eigenvalue weighted by Gasteiger charge is -2.38. The van der Waals surface area contributed by atoms with E-state index in [1.807, 2.05) is 12.1 Å². The molecule has 146 valence electrons. The first-order valence-electron chi connectivity index (χ1n) is 10.7. The largest absolute Gasteiger partial charge is 0.368 e. The Kier molecular flexibility index (Phi) is 5.65. The van der Waals surface area contributed by atoms with Crippen molar-refractivity contribution in [2.75, 3.05) is 36.4 Å². The summed E-state index contributed by atoms with van der Waals surface area (Å²) in [5.74, 6) is 1.01. The second kappa shape index (κ2) is 8.32. The molecule has 0 spiro atoms. The molecule has 3 fully saturated rings. The quantitative estimate of drug-likeness (QED) is 0.881. The monoisotopic (exact) mass is 369 g/mol. The Hall–Kier alpha value is -2.04. The van der Waals surface area contributed by atoms with Crippen molar-refractivity contribution in [1.82, 2.24) is 4.90 Å². The van der Waals surface area contributed by atoms with Crippen LogP contribution < -0.4 is 10.2 Å². The molecule has 1 aromatic carbocycles. The second-order valence-corrected chi connectivity index (χ2v) is 8.31. The zero-order chi connectivity index (χ0) is 18.6. The highest BCUT2D eigenvalue weighted by molar-refractivity contribution is 5.93. The van der Waals surface area contributed by atoms with Crippen molar-refractivity contribution in [2.24, 2.45) is 11.8 Å². The molecule has 27 heavy (non-hydrogen) atoms. The van der Waals surface area contributed by atoms with Crippen LogP contribution >= 0.6 is 0 Å². The molecule has 0 aromatic heterocycles. The first kappa shape index (κ1) is 18.3. The number of hydrogen-bond acceptors (Lipinski definition) is 3. The van der Waals surface area contributed by atoms with Gasteiger partial charge in [0.15, 0.2) is 0 Å². The number of nitrogens with zero attached hydrogens (tertiary/aromatic N) is 2. The lowest BCUT2D eigenvalue weighted by Crippen LogP contribution is -2.50. The molecule has 5 heteroatoms. The van der Waals surface area contributed by atoms with Crippen molar-refractivity contribution in [3.8, 4) is 0 Å². The van der Waals surface area contributed by atoms with Crippen LogP contribution in [0.4, 0.5) is 11.4 Å². The summed E-state index contributed by atoms with van der Waals surface area (Å²) in [5, 5.41) is 3.02. The Morgan fingerprint density at radius 1 is 0.778 bits per heavy atom. The van der Waals surface area contributed by atoms with E-state index in [4.69, 9.17) is 0 Å². The molecule has 0 radical (unpaired) electrons. The number of hydrogen-bond donors (Lipinski definition) is 1. The molecular weight excluding hydrogens is 338 g/mol. The zero-order valence-electron chi connectivity index (χ0n) is 16.2. The fraction of sp³-hybridized carbons (Fsp3) is 0.636. The van der Waals surface area contributed by atoms with E-state index in [9.17, 15) is 9.59 Å². The van der Waals surface area contributed by atoms with E-state index in [1.54, 1.807) is 0 Å². The Labute approximate surface area is 162 Å². The van der Waals surface area contributed by atoms with Crippen molar-refractivity contribution in [3.05, 3.63) is 24.3 Å². The maximum absolute atomic E-state index is 12.7. The van der Waals surface area contributed by atoms with Crippen LogP contribution in [0.3, 0.4) is 0 Å². The van der Waals surface area contributed by atoms with E-state index >= 15 is 0 Å². The van der Waals surface area contributed by atoms with Crippen molar-refractivity contribution in [1.29, 1.82) is 0 Å². The molecule has 2 saturated carbocycles. The number of carbonyl (C=O) groups excluding carboxylic acids is 2. The summed E-state index contributed by atoms with van der Waals surface area (Å²) in [4.78, 5) is 29.2. The predicted molar refractivity (Wildman–Crippen MR) is 108 cm³/mol. The van der Waals surface area contributed by atoms with E-state index in [0.717, 1.165) is 57.5 Å². The summed E-state index contributed by atoms with van der Waals surface area (Å²) in [6.07, 6.45) is 9.07.